The molecule has 0 amide bonds. The fourth-order valence-corrected chi connectivity index (χ4v) is 7.70. The summed E-state index contributed by atoms with van der Waals surface area (Å²) in [7, 11) is 0. The Balaban J connectivity index is 1.22. The van der Waals surface area contributed by atoms with Gasteiger partial charge in [0.25, 0.3) is 0 Å². The van der Waals surface area contributed by atoms with Crippen LogP contribution in [-0.4, -0.2) is 18.9 Å². The summed E-state index contributed by atoms with van der Waals surface area (Å²) in [4.78, 5) is 0. The van der Waals surface area contributed by atoms with Gasteiger partial charge in [-0.1, -0.05) is 67.6 Å². The van der Waals surface area contributed by atoms with E-state index in [1.807, 2.05) is 60.7 Å². The Morgan fingerprint density at radius 2 is 1.48 bits per heavy atom. The summed E-state index contributed by atoms with van der Waals surface area (Å²) in [5.41, 5.74) is 4.62. The van der Waals surface area contributed by atoms with E-state index in [1.165, 1.54) is 11.1 Å². The lowest BCUT2D eigenvalue weighted by atomic mass is 9.55. The molecular weight excluding hydrogens is 513 g/mol. The molecule has 6 heteroatoms. The SMILES string of the molecule is C[C@]12CC[C@@H]3c4cc(OCC(F)(F)F)c(OCc5ccccc5)cc4CC[C@H]3[C@@H]1CC[C@@H]2OCc1ccccc1. The molecule has 0 bridgehead atoms. The van der Waals surface area contributed by atoms with Crippen LogP contribution in [0.4, 0.5) is 13.2 Å². The number of halogens is 3. The molecule has 0 aromatic heterocycles. The topological polar surface area (TPSA) is 27.7 Å². The van der Waals surface area contributed by atoms with Crippen LogP contribution in [0.25, 0.3) is 0 Å². The van der Waals surface area contributed by atoms with Gasteiger partial charge in [-0.05, 0) is 96.1 Å². The van der Waals surface area contributed by atoms with Crippen LogP contribution in [-0.2, 0) is 24.4 Å². The van der Waals surface area contributed by atoms with Gasteiger partial charge in [0.15, 0.2) is 18.1 Å². The Kier molecular flexibility index (Phi) is 7.56. The largest absolute Gasteiger partial charge is 0.485 e. The normalized spacial score (nSPS) is 27.4. The highest BCUT2D eigenvalue weighted by atomic mass is 19.4. The molecule has 212 valence electrons. The van der Waals surface area contributed by atoms with Crippen LogP contribution in [0.5, 0.6) is 11.5 Å². The van der Waals surface area contributed by atoms with E-state index >= 15 is 0 Å². The third-order valence-corrected chi connectivity index (χ3v) is 9.62. The standard InChI is InChI=1S/C34H37F3O3/c1-33-17-16-26-27(29(33)14-15-32(33)39-21-24-10-6-3-7-11-24)13-12-25-18-30(38-20-23-8-4-2-5-9-23)31(19-28(25)26)40-22-34(35,36)37/h2-11,18-19,26-27,29,32H,12-17,20-22H2,1H3/t26-,27+,29-,32-,33-/m0/s1. The summed E-state index contributed by atoms with van der Waals surface area (Å²) in [6.45, 7) is 1.99. The lowest BCUT2D eigenvalue weighted by Gasteiger charge is -2.50. The summed E-state index contributed by atoms with van der Waals surface area (Å²) >= 11 is 0. The number of aryl methyl sites for hydroxylation is 1. The first kappa shape index (κ1) is 27.2. The number of hydrogen-bond donors (Lipinski definition) is 0. The molecule has 2 fully saturated rings. The van der Waals surface area contributed by atoms with Crippen LogP contribution < -0.4 is 9.47 Å². The van der Waals surface area contributed by atoms with E-state index in [2.05, 4.69) is 19.1 Å². The van der Waals surface area contributed by atoms with Crippen molar-refractivity contribution in [2.75, 3.05) is 6.61 Å². The van der Waals surface area contributed by atoms with Crippen molar-refractivity contribution < 1.29 is 27.4 Å². The first-order chi connectivity index (χ1) is 19.3. The first-order valence-corrected chi connectivity index (χ1v) is 14.5. The maximum Gasteiger partial charge on any atom is 0.422 e. The zero-order valence-electron chi connectivity index (χ0n) is 23.0. The van der Waals surface area contributed by atoms with Gasteiger partial charge in [0.1, 0.15) is 6.61 Å². The Morgan fingerprint density at radius 1 is 0.800 bits per heavy atom. The number of rotatable bonds is 8. The molecule has 0 spiro atoms. The molecule has 0 N–H and O–H groups in total. The third-order valence-electron chi connectivity index (χ3n) is 9.62. The highest BCUT2D eigenvalue weighted by Gasteiger charge is 2.55. The molecular formula is C34H37F3O3. The monoisotopic (exact) mass is 550 g/mol. The van der Waals surface area contributed by atoms with Crippen molar-refractivity contribution in [3.05, 3.63) is 95.1 Å². The van der Waals surface area contributed by atoms with Gasteiger partial charge in [-0.3, -0.25) is 0 Å². The predicted molar refractivity (Wildman–Crippen MR) is 148 cm³/mol. The molecule has 3 aliphatic carbocycles. The Morgan fingerprint density at radius 3 is 2.17 bits per heavy atom. The number of fused-ring (bicyclic) bond motifs is 5. The molecule has 0 aliphatic heterocycles. The second kappa shape index (κ2) is 11.1. The van der Waals surface area contributed by atoms with Crippen LogP contribution in [0.1, 0.15) is 67.2 Å². The van der Waals surface area contributed by atoms with E-state index in [-0.39, 0.29) is 23.9 Å². The molecule has 0 radical (unpaired) electrons. The Bertz CT molecular complexity index is 1290. The van der Waals surface area contributed by atoms with E-state index in [0.717, 1.165) is 49.7 Å². The van der Waals surface area contributed by atoms with Crippen molar-refractivity contribution >= 4 is 0 Å². The van der Waals surface area contributed by atoms with Crippen molar-refractivity contribution in [1.29, 1.82) is 0 Å². The number of benzene rings is 3. The number of alkyl halides is 3. The average molecular weight is 551 g/mol. The number of hydrogen-bond acceptors (Lipinski definition) is 3. The van der Waals surface area contributed by atoms with Gasteiger partial charge in [-0.25, -0.2) is 0 Å². The zero-order chi connectivity index (χ0) is 27.7. The molecule has 0 unspecified atom stereocenters. The fraction of sp³-hybridized carbons (Fsp3) is 0.471. The molecule has 3 nitrogen and oxygen atoms in total. The molecule has 40 heavy (non-hydrogen) atoms. The summed E-state index contributed by atoms with van der Waals surface area (Å²) < 4.78 is 57.4. The van der Waals surface area contributed by atoms with Crippen molar-refractivity contribution in [1.82, 2.24) is 0 Å². The summed E-state index contributed by atoms with van der Waals surface area (Å²) in [5.74, 6) is 1.96. The fourth-order valence-electron chi connectivity index (χ4n) is 7.70. The van der Waals surface area contributed by atoms with Crippen molar-refractivity contribution in [3.8, 4) is 11.5 Å². The minimum absolute atomic E-state index is 0.127. The van der Waals surface area contributed by atoms with Gasteiger partial charge in [0, 0.05) is 0 Å². The van der Waals surface area contributed by atoms with Gasteiger partial charge in [0.05, 0.1) is 12.7 Å². The highest BCUT2D eigenvalue weighted by molar-refractivity contribution is 5.50. The molecule has 0 heterocycles. The van der Waals surface area contributed by atoms with Crippen LogP contribution >= 0.6 is 0 Å². The van der Waals surface area contributed by atoms with Gasteiger partial charge in [-0.15, -0.1) is 0 Å². The average Bonchev–Trinajstić information content (AvgIpc) is 3.30. The minimum Gasteiger partial charge on any atom is -0.485 e. The van der Waals surface area contributed by atoms with Gasteiger partial charge in [-0.2, -0.15) is 13.2 Å². The van der Waals surface area contributed by atoms with Gasteiger partial charge >= 0.3 is 6.18 Å². The van der Waals surface area contributed by atoms with E-state index in [4.69, 9.17) is 14.2 Å². The van der Waals surface area contributed by atoms with Gasteiger partial charge in [0.2, 0.25) is 0 Å². The van der Waals surface area contributed by atoms with Crippen LogP contribution in [0.3, 0.4) is 0 Å². The van der Waals surface area contributed by atoms with E-state index in [1.54, 1.807) is 0 Å². The Hall–Kier alpha value is -2.99. The van der Waals surface area contributed by atoms with Crippen LogP contribution in [0.2, 0.25) is 0 Å². The van der Waals surface area contributed by atoms with E-state index < -0.39 is 12.8 Å². The van der Waals surface area contributed by atoms with Gasteiger partial charge < -0.3 is 14.2 Å². The molecule has 5 atom stereocenters. The molecule has 0 saturated heterocycles. The predicted octanol–water partition coefficient (Wildman–Crippen LogP) is 8.65. The summed E-state index contributed by atoms with van der Waals surface area (Å²) in [6.07, 6.45) is 2.09. The molecule has 3 aliphatic rings. The van der Waals surface area contributed by atoms with Crippen molar-refractivity contribution in [2.45, 2.75) is 76.9 Å². The molecule has 2 saturated carbocycles. The summed E-state index contributed by atoms with van der Waals surface area (Å²) in [5, 5.41) is 0. The smallest absolute Gasteiger partial charge is 0.422 e. The van der Waals surface area contributed by atoms with Crippen molar-refractivity contribution in [3.63, 3.8) is 0 Å². The van der Waals surface area contributed by atoms with Crippen LogP contribution in [0, 0.1) is 17.3 Å². The van der Waals surface area contributed by atoms with E-state index in [0.29, 0.717) is 30.1 Å². The van der Waals surface area contributed by atoms with E-state index in [9.17, 15) is 13.2 Å². The quantitative estimate of drug-likeness (QED) is 0.281. The first-order valence-electron chi connectivity index (χ1n) is 14.5. The maximum absolute atomic E-state index is 13.2. The highest BCUT2D eigenvalue weighted by Crippen LogP contribution is 2.62. The molecule has 3 aromatic rings. The maximum atomic E-state index is 13.2. The lowest BCUT2D eigenvalue weighted by Crippen LogP contribution is -2.44. The zero-order valence-corrected chi connectivity index (χ0v) is 23.0. The minimum atomic E-state index is -4.42. The lowest BCUT2D eigenvalue weighted by molar-refractivity contribution is -0.153. The molecule has 3 aromatic carbocycles. The number of ether oxygens (including phenoxy) is 3. The van der Waals surface area contributed by atoms with Crippen LogP contribution in [0.15, 0.2) is 72.8 Å². The van der Waals surface area contributed by atoms with Crippen molar-refractivity contribution in [2.24, 2.45) is 17.3 Å². The molecule has 6 rings (SSSR count). The second-order valence-electron chi connectivity index (χ2n) is 12.0. The summed E-state index contributed by atoms with van der Waals surface area (Å²) in [6, 6.07) is 23.8. The second-order valence-corrected chi connectivity index (χ2v) is 12.0. The third kappa shape index (κ3) is 5.60. The Labute approximate surface area is 234 Å².